The van der Waals surface area contributed by atoms with Crippen LogP contribution in [-0.2, 0) is 19.3 Å². The number of hydrogen-bond acceptors (Lipinski definition) is 2. The fourth-order valence-corrected chi connectivity index (χ4v) is 5.17. The molecule has 4 heteroatoms. The smallest absolute Gasteiger partial charge is 0.336 e. The van der Waals surface area contributed by atoms with Gasteiger partial charge in [-0.25, -0.2) is 9.59 Å². The van der Waals surface area contributed by atoms with Crippen LogP contribution < -0.4 is 0 Å². The van der Waals surface area contributed by atoms with Crippen molar-refractivity contribution in [2.24, 2.45) is 0 Å². The van der Waals surface area contributed by atoms with Crippen LogP contribution >= 0.6 is 0 Å². The minimum atomic E-state index is -1.11. The normalized spacial score (nSPS) is 11.0. The highest BCUT2D eigenvalue weighted by Crippen LogP contribution is 2.24. The fourth-order valence-electron chi connectivity index (χ4n) is 5.17. The molecule has 0 fully saturated rings. The molecule has 3 rings (SSSR count). The molecule has 0 saturated heterocycles. The minimum absolute atomic E-state index is 0.0450. The third-order valence-electron chi connectivity index (χ3n) is 7.54. The Bertz CT molecular complexity index is 1190. The van der Waals surface area contributed by atoms with Gasteiger partial charge in [-0.3, -0.25) is 0 Å². The SMILES string of the molecule is CCCCCCCCCCCCc1ccc(Cc2cc(Cc3ccc(C)cc3)c(C(=O)O)cc2C(=O)O)cc1. The van der Waals surface area contributed by atoms with Gasteiger partial charge in [0.05, 0.1) is 11.1 Å². The van der Waals surface area contributed by atoms with Crippen molar-refractivity contribution in [3.63, 3.8) is 0 Å². The van der Waals surface area contributed by atoms with Crippen LogP contribution in [-0.4, -0.2) is 22.2 Å². The Balaban J connectivity index is 1.60. The lowest BCUT2D eigenvalue weighted by molar-refractivity contribution is 0.0695. The van der Waals surface area contributed by atoms with Gasteiger partial charge in [0.15, 0.2) is 0 Å². The molecule has 0 atom stereocenters. The average Bonchev–Trinajstić information content (AvgIpc) is 2.91. The molecule has 0 spiro atoms. The number of aromatic carboxylic acids is 2. The summed E-state index contributed by atoms with van der Waals surface area (Å²) in [7, 11) is 0. The Hall–Kier alpha value is -3.40. The molecular weight excluding hydrogens is 484 g/mol. The van der Waals surface area contributed by atoms with Crippen LogP contribution in [0, 0.1) is 6.92 Å². The second-order valence-electron chi connectivity index (χ2n) is 10.9. The van der Waals surface area contributed by atoms with E-state index in [0.717, 1.165) is 23.1 Å². The van der Waals surface area contributed by atoms with Gasteiger partial charge in [0, 0.05) is 0 Å². The largest absolute Gasteiger partial charge is 0.478 e. The highest BCUT2D eigenvalue weighted by atomic mass is 16.4. The molecule has 3 aromatic rings. The van der Waals surface area contributed by atoms with Gasteiger partial charge in [-0.1, -0.05) is 125 Å². The summed E-state index contributed by atoms with van der Waals surface area (Å²) in [5.74, 6) is -2.21. The highest BCUT2D eigenvalue weighted by molar-refractivity contribution is 5.96. The Labute approximate surface area is 234 Å². The van der Waals surface area contributed by atoms with Crippen LogP contribution in [0.1, 0.15) is 125 Å². The van der Waals surface area contributed by atoms with E-state index in [9.17, 15) is 19.8 Å². The van der Waals surface area contributed by atoms with Crippen molar-refractivity contribution >= 4 is 11.9 Å². The molecule has 39 heavy (non-hydrogen) atoms. The van der Waals surface area contributed by atoms with E-state index in [0.29, 0.717) is 24.0 Å². The zero-order valence-electron chi connectivity index (χ0n) is 23.7. The third-order valence-corrected chi connectivity index (χ3v) is 7.54. The summed E-state index contributed by atoms with van der Waals surface area (Å²) in [6.45, 7) is 4.27. The van der Waals surface area contributed by atoms with E-state index in [1.54, 1.807) is 6.07 Å². The first-order valence-corrected chi connectivity index (χ1v) is 14.6. The van der Waals surface area contributed by atoms with E-state index in [2.05, 4.69) is 31.2 Å². The molecule has 3 aromatic carbocycles. The van der Waals surface area contributed by atoms with Crippen LogP contribution in [0.2, 0.25) is 0 Å². The first-order valence-electron chi connectivity index (χ1n) is 14.6. The van der Waals surface area contributed by atoms with Crippen molar-refractivity contribution in [1.29, 1.82) is 0 Å². The summed E-state index contributed by atoms with van der Waals surface area (Å²) >= 11 is 0. The summed E-state index contributed by atoms with van der Waals surface area (Å²) < 4.78 is 0. The number of hydrogen-bond donors (Lipinski definition) is 2. The maximum absolute atomic E-state index is 12.0. The minimum Gasteiger partial charge on any atom is -0.478 e. The fraction of sp³-hybridized carbons (Fsp3) is 0.429. The van der Waals surface area contributed by atoms with Gasteiger partial charge >= 0.3 is 11.9 Å². The molecule has 0 aliphatic heterocycles. The predicted octanol–water partition coefficient (Wildman–Crippen LogP) is 9.04. The number of carbonyl (C=O) groups is 2. The van der Waals surface area contributed by atoms with Crippen LogP contribution in [0.5, 0.6) is 0 Å². The molecule has 0 aromatic heterocycles. The zero-order valence-corrected chi connectivity index (χ0v) is 23.7. The lowest BCUT2D eigenvalue weighted by Gasteiger charge is -2.14. The van der Waals surface area contributed by atoms with E-state index in [1.165, 1.54) is 75.8 Å². The van der Waals surface area contributed by atoms with Crippen molar-refractivity contribution in [3.05, 3.63) is 105 Å². The quantitative estimate of drug-likeness (QED) is 0.171. The number of carboxylic acid groups (broad SMARTS) is 2. The molecule has 2 N–H and O–H groups in total. The van der Waals surface area contributed by atoms with Gasteiger partial charge in [-0.15, -0.1) is 0 Å². The third kappa shape index (κ3) is 10.0. The van der Waals surface area contributed by atoms with Crippen molar-refractivity contribution < 1.29 is 19.8 Å². The molecular formula is C35H44O4. The van der Waals surface area contributed by atoms with Crippen molar-refractivity contribution in [2.45, 2.75) is 97.3 Å². The molecule has 0 amide bonds. The second kappa shape index (κ2) is 15.9. The van der Waals surface area contributed by atoms with Crippen LogP contribution in [0.3, 0.4) is 0 Å². The van der Waals surface area contributed by atoms with Gasteiger partial charge in [-0.05, 0) is 66.5 Å². The molecule has 208 valence electrons. The van der Waals surface area contributed by atoms with E-state index in [-0.39, 0.29) is 11.1 Å². The molecule has 0 bridgehead atoms. The van der Waals surface area contributed by atoms with Crippen LogP contribution in [0.15, 0.2) is 60.7 Å². The zero-order chi connectivity index (χ0) is 28.0. The van der Waals surface area contributed by atoms with E-state index < -0.39 is 11.9 Å². The van der Waals surface area contributed by atoms with Gasteiger partial charge in [0.2, 0.25) is 0 Å². The summed E-state index contributed by atoms with van der Waals surface area (Å²) in [4.78, 5) is 24.0. The van der Waals surface area contributed by atoms with Gasteiger partial charge in [0.25, 0.3) is 0 Å². The van der Waals surface area contributed by atoms with Crippen LogP contribution in [0.25, 0.3) is 0 Å². The average molecular weight is 529 g/mol. The Morgan fingerprint density at radius 2 is 0.974 bits per heavy atom. The van der Waals surface area contributed by atoms with Gasteiger partial charge < -0.3 is 10.2 Å². The second-order valence-corrected chi connectivity index (χ2v) is 10.9. The number of unbranched alkanes of at least 4 members (excludes halogenated alkanes) is 9. The lowest BCUT2D eigenvalue weighted by atomic mass is 9.90. The van der Waals surface area contributed by atoms with Crippen molar-refractivity contribution in [3.8, 4) is 0 Å². The van der Waals surface area contributed by atoms with Gasteiger partial charge in [0.1, 0.15) is 0 Å². The number of aryl methyl sites for hydroxylation is 2. The summed E-state index contributed by atoms with van der Waals surface area (Å²) in [6, 6.07) is 19.5. The van der Waals surface area contributed by atoms with Crippen molar-refractivity contribution in [2.75, 3.05) is 0 Å². The first kappa shape index (κ1) is 30.1. The Morgan fingerprint density at radius 3 is 1.44 bits per heavy atom. The summed E-state index contributed by atoms with van der Waals surface area (Å²) in [5, 5.41) is 19.6. The lowest BCUT2D eigenvalue weighted by Crippen LogP contribution is -2.11. The van der Waals surface area contributed by atoms with Crippen molar-refractivity contribution in [1.82, 2.24) is 0 Å². The summed E-state index contributed by atoms with van der Waals surface area (Å²) in [5.41, 5.74) is 5.81. The number of carboxylic acids is 2. The highest BCUT2D eigenvalue weighted by Gasteiger charge is 2.19. The van der Waals surface area contributed by atoms with Gasteiger partial charge in [-0.2, -0.15) is 0 Å². The monoisotopic (exact) mass is 528 g/mol. The van der Waals surface area contributed by atoms with Crippen LogP contribution in [0.4, 0.5) is 0 Å². The molecule has 0 saturated carbocycles. The van der Waals surface area contributed by atoms with E-state index >= 15 is 0 Å². The Morgan fingerprint density at radius 1 is 0.564 bits per heavy atom. The molecule has 0 aliphatic carbocycles. The maximum Gasteiger partial charge on any atom is 0.336 e. The van der Waals surface area contributed by atoms with E-state index in [1.807, 2.05) is 31.2 Å². The maximum atomic E-state index is 12.0. The predicted molar refractivity (Wildman–Crippen MR) is 159 cm³/mol. The molecule has 0 radical (unpaired) electrons. The number of benzene rings is 3. The Kier molecular flexibility index (Phi) is 12.3. The molecule has 4 nitrogen and oxygen atoms in total. The number of rotatable bonds is 17. The first-order chi connectivity index (χ1) is 18.9. The topological polar surface area (TPSA) is 74.6 Å². The molecule has 0 unspecified atom stereocenters. The van der Waals surface area contributed by atoms with E-state index in [4.69, 9.17) is 0 Å². The summed E-state index contributed by atoms with van der Waals surface area (Å²) in [6.07, 6.45) is 15.2. The molecule has 0 aliphatic rings. The standard InChI is InChI=1S/C35H44O4/c1-3-4-5-6-7-8-9-10-11-12-13-27-18-20-29(21-19-27)23-31-24-30(22-28-16-14-26(2)15-17-28)32(34(36)37)25-33(31)35(38)39/h14-21,24-25H,3-13,22-23H2,1-2H3,(H,36,37)(H,38,39). The molecule has 0 heterocycles.